The third-order valence-corrected chi connectivity index (χ3v) is 3.06. The van der Waals surface area contributed by atoms with Crippen LogP contribution in [-0.2, 0) is 6.42 Å². The molecule has 0 bridgehead atoms. The Balaban J connectivity index is 2.02. The highest BCUT2D eigenvalue weighted by Crippen LogP contribution is 2.35. The molecule has 2 aliphatic heterocycles. The monoisotopic (exact) mass is 174 g/mol. The normalized spacial score (nSPS) is 30.4. The Labute approximate surface area is 78.5 Å². The molecular formula is C11H14N2. The summed E-state index contributed by atoms with van der Waals surface area (Å²) in [5.41, 5.74) is 6.38. The van der Waals surface area contributed by atoms with E-state index in [-0.39, 0.29) is 0 Å². The SMILES string of the molecule is C[C@H]1C[C@H]2Cc3ccccc3N2N1. The second kappa shape index (κ2) is 2.48. The van der Waals surface area contributed by atoms with Gasteiger partial charge in [0.2, 0.25) is 0 Å². The highest BCUT2D eigenvalue weighted by atomic mass is 15.6. The Morgan fingerprint density at radius 1 is 1.38 bits per heavy atom. The fourth-order valence-electron chi connectivity index (χ4n) is 2.52. The summed E-state index contributed by atoms with van der Waals surface area (Å²) in [6, 6.07) is 10.0. The van der Waals surface area contributed by atoms with E-state index in [1.165, 1.54) is 24.1 Å². The van der Waals surface area contributed by atoms with Gasteiger partial charge in [-0.15, -0.1) is 0 Å². The van der Waals surface area contributed by atoms with E-state index in [2.05, 4.69) is 41.6 Å². The number of hydrogen-bond acceptors (Lipinski definition) is 2. The zero-order valence-corrected chi connectivity index (χ0v) is 7.83. The molecule has 1 N–H and O–H groups in total. The Morgan fingerprint density at radius 2 is 2.23 bits per heavy atom. The van der Waals surface area contributed by atoms with Gasteiger partial charge in [-0.05, 0) is 31.4 Å². The number of fused-ring (bicyclic) bond motifs is 3. The number of nitrogens with one attached hydrogen (secondary N) is 1. The third kappa shape index (κ3) is 0.985. The van der Waals surface area contributed by atoms with Gasteiger partial charge in [0, 0.05) is 6.04 Å². The summed E-state index contributed by atoms with van der Waals surface area (Å²) < 4.78 is 0. The maximum Gasteiger partial charge on any atom is 0.0555 e. The van der Waals surface area contributed by atoms with Crippen LogP contribution in [0.1, 0.15) is 18.9 Å². The molecule has 2 atom stereocenters. The van der Waals surface area contributed by atoms with Crippen molar-refractivity contribution in [2.75, 3.05) is 5.01 Å². The minimum Gasteiger partial charge on any atom is -0.304 e. The van der Waals surface area contributed by atoms with E-state index in [1.807, 2.05) is 0 Å². The van der Waals surface area contributed by atoms with E-state index in [0.29, 0.717) is 12.1 Å². The first kappa shape index (κ1) is 7.39. The lowest BCUT2D eigenvalue weighted by Gasteiger charge is -2.18. The van der Waals surface area contributed by atoms with Crippen LogP contribution in [0.15, 0.2) is 24.3 Å². The number of benzene rings is 1. The Hall–Kier alpha value is -1.02. The predicted molar refractivity (Wildman–Crippen MR) is 53.6 cm³/mol. The van der Waals surface area contributed by atoms with Gasteiger partial charge in [0.15, 0.2) is 0 Å². The molecule has 2 heteroatoms. The minimum absolute atomic E-state index is 0.637. The van der Waals surface area contributed by atoms with Gasteiger partial charge in [-0.25, -0.2) is 5.43 Å². The summed E-state index contributed by atoms with van der Waals surface area (Å²) in [4.78, 5) is 0. The van der Waals surface area contributed by atoms with Crippen LogP contribution < -0.4 is 10.4 Å². The summed E-state index contributed by atoms with van der Waals surface area (Å²) in [5.74, 6) is 0. The summed E-state index contributed by atoms with van der Waals surface area (Å²) in [5, 5.41) is 2.35. The fraction of sp³-hybridized carbons (Fsp3) is 0.455. The van der Waals surface area contributed by atoms with Gasteiger partial charge >= 0.3 is 0 Å². The summed E-state index contributed by atoms with van der Waals surface area (Å²) >= 11 is 0. The first-order valence-electron chi connectivity index (χ1n) is 4.98. The van der Waals surface area contributed by atoms with E-state index >= 15 is 0 Å². The van der Waals surface area contributed by atoms with Gasteiger partial charge in [-0.2, -0.15) is 0 Å². The predicted octanol–water partition coefficient (Wildman–Crippen LogP) is 1.71. The average Bonchev–Trinajstić information content (AvgIpc) is 2.60. The molecule has 1 aromatic carbocycles. The largest absolute Gasteiger partial charge is 0.304 e. The molecule has 13 heavy (non-hydrogen) atoms. The number of para-hydroxylation sites is 1. The zero-order valence-electron chi connectivity index (χ0n) is 7.83. The topological polar surface area (TPSA) is 15.3 Å². The van der Waals surface area contributed by atoms with Crippen LogP contribution >= 0.6 is 0 Å². The van der Waals surface area contributed by atoms with Crippen LogP contribution in [0.5, 0.6) is 0 Å². The van der Waals surface area contributed by atoms with E-state index in [1.54, 1.807) is 0 Å². The van der Waals surface area contributed by atoms with Gasteiger partial charge in [0.05, 0.1) is 11.7 Å². The standard InChI is InChI=1S/C11H14N2/c1-8-6-10-7-9-4-2-3-5-11(9)13(10)12-8/h2-5,8,10,12H,6-7H2,1H3/t8-,10-/m0/s1. The van der Waals surface area contributed by atoms with E-state index < -0.39 is 0 Å². The first-order chi connectivity index (χ1) is 6.34. The Kier molecular flexibility index (Phi) is 1.41. The molecule has 0 radical (unpaired) electrons. The molecule has 1 aromatic rings. The number of nitrogens with zero attached hydrogens (tertiary/aromatic N) is 1. The smallest absolute Gasteiger partial charge is 0.0555 e. The fourth-order valence-corrected chi connectivity index (χ4v) is 2.52. The lowest BCUT2D eigenvalue weighted by atomic mass is 10.1. The highest BCUT2D eigenvalue weighted by Gasteiger charge is 2.35. The molecule has 0 amide bonds. The number of hydrazine groups is 1. The van der Waals surface area contributed by atoms with Crippen molar-refractivity contribution in [1.29, 1.82) is 0 Å². The van der Waals surface area contributed by atoms with Gasteiger partial charge in [-0.1, -0.05) is 18.2 Å². The van der Waals surface area contributed by atoms with E-state index in [4.69, 9.17) is 0 Å². The van der Waals surface area contributed by atoms with Crippen LogP contribution in [-0.4, -0.2) is 12.1 Å². The molecule has 0 unspecified atom stereocenters. The molecule has 2 nitrogen and oxygen atoms in total. The number of rotatable bonds is 0. The minimum atomic E-state index is 0.637. The summed E-state index contributed by atoms with van der Waals surface area (Å²) in [7, 11) is 0. The van der Waals surface area contributed by atoms with Crippen molar-refractivity contribution in [2.24, 2.45) is 0 Å². The van der Waals surface area contributed by atoms with Gasteiger partial charge in [-0.3, -0.25) is 0 Å². The molecular weight excluding hydrogens is 160 g/mol. The second-order valence-corrected chi connectivity index (χ2v) is 4.12. The van der Waals surface area contributed by atoms with Crippen molar-refractivity contribution in [1.82, 2.24) is 5.43 Å². The molecule has 2 aliphatic rings. The lowest BCUT2D eigenvalue weighted by molar-refractivity contribution is 0.640. The third-order valence-electron chi connectivity index (χ3n) is 3.06. The number of hydrogen-bond donors (Lipinski definition) is 1. The van der Waals surface area contributed by atoms with Crippen molar-refractivity contribution in [3.8, 4) is 0 Å². The molecule has 68 valence electrons. The van der Waals surface area contributed by atoms with Crippen molar-refractivity contribution in [2.45, 2.75) is 31.8 Å². The molecule has 0 aromatic heterocycles. The second-order valence-electron chi connectivity index (χ2n) is 4.12. The van der Waals surface area contributed by atoms with Crippen molar-refractivity contribution in [3.63, 3.8) is 0 Å². The lowest BCUT2D eigenvalue weighted by Crippen LogP contribution is -2.36. The Bertz CT molecular complexity index is 335. The highest BCUT2D eigenvalue weighted by molar-refractivity contribution is 5.59. The van der Waals surface area contributed by atoms with Gasteiger partial charge < -0.3 is 5.01 Å². The first-order valence-corrected chi connectivity index (χ1v) is 4.98. The summed E-state index contributed by atoms with van der Waals surface area (Å²) in [6.07, 6.45) is 2.49. The van der Waals surface area contributed by atoms with Crippen molar-refractivity contribution < 1.29 is 0 Å². The van der Waals surface area contributed by atoms with Crippen LogP contribution in [0.3, 0.4) is 0 Å². The molecule has 2 heterocycles. The molecule has 0 spiro atoms. The summed E-state index contributed by atoms with van der Waals surface area (Å²) in [6.45, 7) is 2.25. The van der Waals surface area contributed by atoms with Gasteiger partial charge in [0.1, 0.15) is 0 Å². The Morgan fingerprint density at radius 3 is 3.15 bits per heavy atom. The number of anilines is 1. The van der Waals surface area contributed by atoms with Crippen LogP contribution in [0.2, 0.25) is 0 Å². The molecule has 3 rings (SSSR count). The maximum atomic E-state index is 3.51. The van der Waals surface area contributed by atoms with Crippen LogP contribution in [0.4, 0.5) is 5.69 Å². The van der Waals surface area contributed by atoms with Crippen molar-refractivity contribution >= 4 is 5.69 Å². The molecule has 1 saturated heterocycles. The molecule has 0 aliphatic carbocycles. The molecule has 1 fully saturated rings. The van der Waals surface area contributed by atoms with E-state index in [9.17, 15) is 0 Å². The molecule has 0 saturated carbocycles. The van der Waals surface area contributed by atoms with Crippen LogP contribution in [0, 0.1) is 0 Å². The van der Waals surface area contributed by atoms with Crippen LogP contribution in [0.25, 0.3) is 0 Å². The van der Waals surface area contributed by atoms with Gasteiger partial charge in [0.25, 0.3) is 0 Å². The van der Waals surface area contributed by atoms with E-state index in [0.717, 1.165) is 0 Å². The average molecular weight is 174 g/mol. The quantitative estimate of drug-likeness (QED) is 0.644. The van der Waals surface area contributed by atoms with Crippen molar-refractivity contribution in [3.05, 3.63) is 29.8 Å². The zero-order chi connectivity index (χ0) is 8.84. The maximum absolute atomic E-state index is 3.51.